The summed E-state index contributed by atoms with van der Waals surface area (Å²) in [4.78, 5) is 29.5. The molecule has 1 fully saturated rings. The van der Waals surface area contributed by atoms with E-state index in [1.807, 2.05) is 36.4 Å². The number of rotatable bonds is 7. The normalized spacial score (nSPS) is 14.3. The van der Waals surface area contributed by atoms with Crippen molar-refractivity contribution in [1.82, 2.24) is 9.66 Å². The van der Waals surface area contributed by atoms with Crippen molar-refractivity contribution in [2.75, 3.05) is 0 Å². The monoisotopic (exact) mass is 594 g/mol. The van der Waals surface area contributed by atoms with Crippen molar-refractivity contribution < 1.29 is 9.66 Å². The summed E-state index contributed by atoms with van der Waals surface area (Å²) >= 11 is 9.81. The molecule has 0 unspecified atom stereocenters. The van der Waals surface area contributed by atoms with Gasteiger partial charge in [-0.05, 0) is 48.7 Å². The van der Waals surface area contributed by atoms with Crippen LogP contribution in [0.2, 0.25) is 5.02 Å². The minimum atomic E-state index is -0.544. The Morgan fingerprint density at radius 2 is 1.87 bits per heavy atom. The van der Waals surface area contributed by atoms with E-state index >= 15 is 0 Å². The smallest absolute Gasteiger partial charge is 0.313 e. The summed E-state index contributed by atoms with van der Waals surface area (Å²) in [5.41, 5.74) is 1.28. The van der Waals surface area contributed by atoms with Gasteiger partial charge in [0.1, 0.15) is 12.4 Å². The fourth-order valence-corrected chi connectivity index (χ4v) is 5.23. The molecule has 1 aliphatic carbocycles. The fourth-order valence-electron chi connectivity index (χ4n) is 4.69. The number of fused-ring (bicyclic) bond motifs is 1. The van der Waals surface area contributed by atoms with Gasteiger partial charge in [-0.15, -0.1) is 0 Å². The molecule has 4 aromatic rings. The van der Waals surface area contributed by atoms with Crippen LogP contribution in [0.5, 0.6) is 5.75 Å². The van der Waals surface area contributed by atoms with Gasteiger partial charge in [0, 0.05) is 22.0 Å². The molecule has 0 aliphatic heterocycles. The van der Waals surface area contributed by atoms with E-state index in [1.54, 1.807) is 12.1 Å². The van der Waals surface area contributed by atoms with Crippen molar-refractivity contribution in [2.45, 2.75) is 44.6 Å². The van der Waals surface area contributed by atoms with E-state index < -0.39 is 4.92 Å². The van der Waals surface area contributed by atoms with Gasteiger partial charge >= 0.3 is 5.69 Å². The molecule has 3 aromatic carbocycles. The second-order valence-corrected chi connectivity index (χ2v) is 10.5. The van der Waals surface area contributed by atoms with E-state index in [0.29, 0.717) is 22.3 Å². The Morgan fingerprint density at radius 3 is 2.61 bits per heavy atom. The number of para-hydroxylation sites is 1. The van der Waals surface area contributed by atoms with Crippen molar-refractivity contribution >= 4 is 50.3 Å². The lowest BCUT2D eigenvalue weighted by molar-refractivity contribution is -0.385. The summed E-state index contributed by atoms with van der Waals surface area (Å²) in [6.07, 6.45) is 6.57. The standard InChI is InChI=1S/C28H24BrClN4O4/c29-21-12-10-18(11-13-21)17-38-26-23(30)14-19(15-25(26)34(36)37)16-31-33-27(20-6-2-1-3-7-20)32-24-9-5-4-8-22(24)28(33)35/h4-5,8-16,20H,1-3,6-7,17H2. The van der Waals surface area contributed by atoms with Crippen molar-refractivity contribution in [3.05, 3.63) is 108 Å². The minimum absolute atomic E-state index is 0.0239. The lowest BCUT2D eigenvalue weighted by atomic mass is 9.88. The molecule has 1 heterocycles. The van der Waals surface area contributed by atoms with E-state index in [0.717, 1.165) is 42.1 Å². The maximum atomic E-state index is 13.4. The van der Waals surface area contributed by atoms with Crippen LogP contribution in [0.3, 0.4) is 0 Å². The van der Waals surface area contributed by atoms with Crippen molar-refractivity contribution in [2.24, 2.45) is 5.10 Å². The Bertz CT molecular complexity index is 1580. The number of nitrogens with zero attached hydrogens (tertiary/aromatic N) is 4. The van der Waals surface area contributed by atoms with Gasteiger partial charge in [-0.1, -0.05) is 71.1 Å². The van der Waals surface area contributed by atoms with Gasteiger partial charge in [-0.3, -0.25) is 14.9 Å². The van der Waals surface area contributed by atoms with Gasteiger partial charge in [0.25, 0.3) is 5.56 Å². The van der Waals surface area contributed by atoms with Gasteiger partial charge in [0.05, 0.1) is 27.1 Å². The maximum absolute atomic E-state index is 13.4. The van der Waals surface area contributed by atoms with Crippen LogP contribution in [0.15, 0.2) is 75.0 Å². The van der Waals surface area contributed by atoms with Crippen molar-refractivity contribution in [1.29, 1.82) is 0 Å². The number of ether oxygens (including phenoxy) is 1. The third-order valence-corrected chi connectivity index (χ3v) is 7.42. The molecule has 5 rings (SSSR count). The number of nitro benzene ring substituents is 1. The molecule has 0 amide bonds. The predicted molar refractivity (Wildman–Crippen MR) is 151 cm³/mol. The molecule has 0 N–H and O–H groups in total. The molecule has 1 aromatic heterocycles. The summed E-state index contributed by atoms with van der Waals surface area (Å²) in [7, 11) is 0. The Morgan fingerprint density at radius 1 is 1.13 bits per heavy atom. The van der Waals surface area contributed by atoms with Crippen LogP contribution in [0, 0.1) is 10.1 Å². The number of nitro groups is 1. The zero-order valence-electron chi connectivity index (χ0n) is 20.3. The highest BCUT2D eigenvalue weighted by Crippen LogP contribution is 2.37. The summed E-state index contributed by atoms with van der Waals surface area (Å²) in [6.45, 7) is 0.115. The van der Waals surface area contributed by atoms with E-state index in [2.05, 4.69) is 21.0 Å². The molecule has 0 radical (unpaired) electrons. The summed E-state index contributed by atoms with van der Waals surface area (Å²) in [5.74, 6) is 0.703. The van der Waals surface area contributed by atoms with E-state index in [4.69, 9.17) is 21.3 Å². The molecule has 0 bridgehead atoms. The maximum Gasteiger partial charge on any atom is 0.313 e. The van der Waals surface area contributed by atoms with Crippen LogP contribution in [-0.4, -0.2) is 20.8 Å². The highest BCUT2D eigenvalue weighted by molar-refractivity contribution is 9.10. The summed E-state index contributed by atoms with van der Waals surface area (Å²) in [6, 6.07) is 17.5. The Hall–Kier alpha value is -3.56. The molecular formula is C28H24BrClN4O4. The SMILES string of the molecule is O=c1c2ccccc2nc(C2CCCCC2)n1N=Cc1cc(Cl)c(OCc2ccc(Br)cc2)c([N+](=O)[O-])c1. The van der Waals surface area contributed by atoms with Crippen LogP contribution in [-0.2, 0) is 6.61 Å². The second kappa shape index (κ2) is 11.4. The van der Waals surface area contributed by atoms with Crippen LogP contribution in [0.1, 0.15) is 55.0 Å². The third-order valence-electron chi connectivity index (χ3n) is 6.61. The number of hydrogen-bond acceptors (Lipinski definition) is 6. The second-order valence-electron chi connectivity index (χ2n) is 9.21. The van der Waals surface area contributed by atoms with Gasteiger partial charge in [0.2, 0.25) is 5.75 Å². The lowest BCUT2D eigenvalue weighted by Gasteiger charge is -2.22. The van der Waals surface area contributed by atoms with Crippen LogP contribution in [0.25, 0.3) is 10.9 Å². The van der Waals surface area contributed by atoms with Crippen LogP contribution < -0.4 is 10.3 Å². The highest BCUT2D eigenvalue weighted by atomic mass is 79.9. The van der Waals surface area contributed by atoms with E-state index in [9.17, 15) is 14.9 Å². The summed E-state index contributed by atoms with van der Waals surface area (Å²) in [5, 5.41) is 16.9. The van der Waals surface area contributed by atoms with Gasteiger partial charge < -0.3 is 4.74 Å². The number of benzene rings is 3. The average Bonchev–Trinajstić information content (AvgIpc) is 2.93. The average molecular weight is 596 g/mol. The Balaban J connectivity index is 1.50. The topological polar surface area (TPSA) is 99.6 Å². The first-order chi connectivity index (χ1) is 18.4. The molecule has 0 saturated heterocycles. The molecule has 1 aliphatic rings. The quantitative estimate of drug-likeness (QED) is 0.127. The minimum Gasteiger partial charge on any atom is -0.481 e. The van der Waals surface area contributed by atoms with Crippen LogP contribution in [0.4, 0.5) is 5.69 Å². The van der Waals surface area contributed by atoms with E-state index in [-0.39, 0.29) is 34.5 Å². The number of hydrogen-bond donors (Lipinski definition) is 0. The van der Waals surface area contributed by atoms with Gasteiger partial charge in [-0.25, -0.2) is 4.98 Å². The molecule has 0 spiro atoms. The molecule has 1 saturated carbocycles. The molecule has 38 heavy (non-hydrogen) atoms. The van der Waals surface area contributed by atoms with E-state index in [1.165, 1.54) is 23.0 Å². The predicted octanol–water partition coefficient (Wildman–Crippen LogP) is 7.23. The molecule has 194 valence electrons. The van der Waals surface area contributed by atoms with Crippen molar-refractivity contribution in [3.8, 4) is 5.75 Å². The Kier molecular flexibility index (Phi) is 7.85. The lowest BCUT2D eigenvalue weighted by Crippen LogP contribution is -2.25. The highest BCUT2D eigenvalue weighted by Gasteiger charge is 2.23. The molecule has 0 atom stereocenters. The third kappa shape index (κ3) is 5.63. The molecular weight excluding hydrogens is 572 g/mol. The van der Waals surface area contributed by atoms with Gasteiger partial charge in [0.15, 0.2) is 0 Å². The zero-order valence-corrected chi connectivity index (χ0v) is 22.7. The number of halogens is 2. The number of aromatic nitrogens is 2. The first-order valence-electron chi connectivity index (χ1n) is 12.3. The first kappa shape index (κ1) is 26.1. The fraction of sp³-hybridized carbons (Fsp3) is 0.250. The molecule has 10 heteroatoms. The summed E-state index contributed by atoms with van der Waals surface area (Å²) < 4.78 is 7.99. The van der Waals surface area contributed by atoms with Crippen molar-refractivity contribution in [3.63, 3.8) is 0 Å². The Labute approximate surface area is 232 Å². The first-order valence-corrected chi connectivity index (χ1v) is 13.5. The van der Waals surface area contributed by atoms with Gasteiger partial charge in [-0.2, -0.15) is 9.78 Å². The largest absolute Gasteiger partial charge is 0.481 e. The molecule has 8 nitrogen and oxygen atoms in total. The van der Waals surface area contributed by atoms with Crippen LogP contribution >= 0.6 is 27.5 Å². The zero-order chi connectivity index (χ0) is 26.6.